The van der Waals surface area contributed by atoms with Gasteiger partial charge in [0, 0.05) is 31.0 Å². The minimum absolute atomic E-state index is 0.00226. The smallest absolute Gasteiger partial charge is 0.456 e. The summed E-state index contributed by atoms with van der Waals surface area (Å²) >= 11 is 0. The molecule has 3 aromatic rings. The molecule has 36 heavy (non-hydrogen) atoms. The summed E-state index contributed by atoms with van der Waals surface area (Å²) in [5.41, 5.74) is 1.20. The zero-order chi connectivity index (χ0) is 26.7. The standard InChI is InChI=1S/C21H22F6N6O.C2H2/c1-12-8-16(15(22)9-28-12)32-7-5-14(10-32)13(2)29-19-30-18-17(4-3-6-33(18)31-19)34-11-20(23,24)21(25,26)27;1-2/h3-4,6,8-9,13-14H,5,7,10-11H2,1-2H3,(H,29,31);1-2H. The van der Waals surface area contributed by atoms with E-state index in [4.69, 9.17) is 4.74 Å². The van der Waals surface area contributed by atoms with Gasteiger partial charge in [0.1, 0.15) is 0 Å². The van der Waals surface area contributed by atoms with Crippen LogP contribution in [0.4, 0.5) is 38.0 Å². The number of aromatic nitrogens is 4. The molecule has 194 valence electrons. The van der Waals surface area contributed by atoms with Crippen LogP contribution in [-0.4, -0.2) is 57.4 Å². The summed E-state index contributed by atoms with van der Waals surface area (Å²) in [4.78, 5) is 10.1. The van der Waals surface area contributed by atoms with Crippen LogP contribution in [0.25, 0.3) is 5.65 Å². The Kier molecular flexibility index (Phi) is 7.86. The van der Waals surface area contributed by atoms with E-state index >= 15 is 0 Å². The molecule has 2 atom stereocenters. The summed E-state index contributed by atoms with van der Waals surface area (Å²) in [7, 11) is 0. The highest BCUT2D eigenvalue weighted by molar-refractivity contribution is 5.56. The Morgan fingerprint density at radius 3 is 2.67 bits per heavy atom. The van der Waals surface area contributed by atoms with Crippen molar-refractivity contribution in [3.8, 4) is 18.6 Å². The summed E-state index contributed by atoms with van der Waals surface area (Å²) < 4.78 is 83.9. The van der Waals surface area contributed by atoms with Crippen LogP contribution in [-0.2, 0) is 0 Å². The molecule has 0 bridgehead atoms. The Labute approximate surface area is 203 Å². The van der Waals surface area contributed by atoms with Gasteiger partial charge in [-0.2, -0.15) is 26.9 Å². The molecule has 0 saturated carbocycles. The topological polar surface area (TPSA) is 67.6 Å². The lowest BCUT2D eigenvalue weighted by Gasteiger charge is -2.22. The maximum atomic E-state index is 14.2. The second-order valence-corrected chi connectivity index (χ2v) is 8.27. The van der Waals surface area contributed by atoms with Gasteiger partial charge < -0.3 is 15.0 Å². The molecule has 0 aromatic carbocycles. The highest BCUT2D eigenvalue weighted by Gasteiger charge is 2.58. The first-order valence-corrected chi connectivity index (χ1v) is 10.8. The Bertz CT molecular complexity index is 1210. The molecule has 3 aromatic heterocycles. The van der Waals surface area contributed by atoms with Crippen LogP contribution >= 0.6 is 0 Å². The summed E-state index contributed by atoms with van der Waals surface area (Å²) in [6, 6.07) is 4.20. The van der Waals surface area contributed by atoms with Gasteiger partial charge in [0.05, 0.1) is 11.9 Å². The molecule has 1 aliphatic heterocycles. The molecule has 2 unspecified atom stereocenters. The molecule has 13 heteroatoms. The second kappa shape index (κ2) is 10.5. The lowest BCUT2D eigenvalue weighted by atomic mass is 10.0. The molecule has 1 N–H and O–H groups in total. The van der Waals surface area contributed by atoms with Crippen LogP contribution in [0.15, 0.2) is 30.6 Å². The number of hydrogen-bond acceptors (Lipinski definition) is 6. The number of hydrogen-bond donors (Lipinski definition) is 1. The van der Waals surface area contributed by atoms with E-state index < -0.39 is 24.5 Å². The van der Waals surface area contributed by atoms with E-state index in [-0.39, 0.29) is 29.3 Å². The highest BCUT2D eigenvalue weighted by atomic mass is 19.4. The van der Waals surface area contributed by atoms with E-state index in [9.17, 15) is 26.3 Å². The van der Waals surface area contributed by atoms with Crippen molar-refractivity contribution >= 4 is 17.3 Å². The van der Waals surface area contributed by atoms with Gasteiger partial charge in [-0.25, -0.2) is 8.91 Å². The maximum absolute atomic E-state index is 14.2. The number of anilines is 2. The summed E-state index contributed by atoms with van der Waals surface area (Å²) in [5, 5.41) is 7.34. The third-order valence-corrected chi connectivity index (χ3v) is 5.75. The van der Waals surface area contributed by atoms with Crippen LogP contribution in [0.3, 0.4) is 0 Å². The zero-order valence-electron chi connectivity index (χ0n) is 19.4. The SMILES string of the molecule is C#C.Cc1cc(N2CCC(C(C)Nc3nc4c(OCC(F)(F)C(F)(F)F)cccn4n3)C2)c(F)cn1. The molecule has 1 saturated heterocycles. The summed E-state index contributed by atoms with van der Waals surface area (Å²) in [5.74, 6) is -5.36. The molecule has 1 aliphatic rings. The number of fused-ring (bicyclic) bond motifs is 1. The lowest BCUT2D eigenvalue weighted by molar-refractivity contribution is -0.289. The number of halogens is 6. The molecule has 0 radical (unpaired) electrons. The first kappa shape index (κ1) is 26.9. The highest BCUT2D eigenvalue weighted by Crippen LogP contribution is 2.36. The fraction of sp³-hybridized carbons (Fsp3) is 0.435. The molecule has 1 fully saturated rings. The van der Waals surface area contributed by atoms with Crippen molar-refractivity contribution in [3.63, 3.8) is 0 Å². The van der Waals surface area contributed by atoms with Crippen molar-refractivity contribution in [1.82, 2.24) is 19.6 Å². The molecule has 7 nitrogen and oxygen atoms in total. The quantitative estimate of drug-likeness (QED) is 0.364. The number of nitrogens with one attached hydrogen (secondary N) is 1. The normalized spacial score (nSPS) is 16.9. The number of rotatable bonds is 7. The van der Waals surface area contributed by atoms with Crippen molar-refractivity contribution in [3.05, 3.63) is 42.1 Å². The Hall–Kier alpha value is -3.69. The maximum Gasteiger partial charge on any atom is 0.456 e. The average Bonchev–Trinajstić information content (AvgIpc) is 3.47. The third kappa shape index (κ3) is 5.75. The monoisotopic (exact) mass is 514 g/mol. The molecule has 4 rings (SSSR count). The predicted molar refractivity (Wildman–Crippen MR) is 122 cm³/mol. The Balaban J connectivity index is 0.00000176. The number of ether oxygens (including phenoxy) is 1. The Morgan fingerprint density at radius 2 is 1.97 bits per heavy atom. The van der Waals surface area contributed by atoms with Gasteiger partial charge in [-0.15, -0.1) is 17.9 Å². The van der Waals surface area contributed by atoms with Gasteiger partial charge in [-0.05, 0) is 44.4 Å². The molecular weight excluding hydrogens is 490 g/mol. The lowest BCUT2D eigenvalue weighted by Crippen LogP contribution is -2.41. The third-order valence-electron chi connectivity index (χ3n) is 5.75. The second-order valence-electron chi connectivity index (χ2n) is 8.27. The van der Waals surface area contributed by atoms with Gasteiger partial charge in [0.15, 0.2) is 23.8 Å². The summed E-state index contributed by atoms with van der Waals surface area (Å²) in [6.45, 7) is 3.07. The molecule has 0 amide bonds. The van der Waals surface area contributed by atoms with Crippen LogP contribution in [0.2, 0.25) is 0 Å². The van der Waals surface area contributed by atoms with Crippen molar-refractivity contribution in [2.24, 2.45) is 5.92 Å². The van der Waals surface area contributed by atoms with E-state index in [1.165, 1.54) is 29.0 Å². The number of nitrogens with zero attached hydrogens (tertiary/aromatic N) is 5. The first-order chi connectivity index (χ1) is 16.9. The summed E-state index contributed by atoms with van der Waals surface area (Å²) in [6.07, 6.45) is 5.73. The fourth-order valence-corrected chi connectivity index (χ4v) is 3.81. The Morgan fingerprint density at radius 1 is 1.25 bits per heavy atom. The van der Waals surface area contributed by atoms with Gasteiger partial charge in [-0.1, -0.05) is 0 Å². The minimum atomic E-state index is -5.72. The molecule has 4 heterocycles. The van der Waals surface area contributed by atoms with Crippen molar-refractivity contribution in [1.29, 1.82) is 0 Å². The minimum Gasteiger partial charge on any atom is -0.483 e. The van der Waals surface area contributed by atoms with Gasteiger partial charge in [-0.3, -0.25) is 4.98 Å². The van der Waals surface area contributed by atoms with Gasteiger partial charge >= 0.3 is 12.1 Å². The van der Waals surface area contributed by atoms with Crippen LogP contribution in [0.1, 0.15) is 19.0 Å². The van der Waals surface area contributed by atoms with Crippen LogP contribution in [0.5, 0.6) is 5.75 Å². The average molecular weight is 514 g/mol. The van der Waals surface area contributed by atoms with Gasteiger partial charge in [0.2, 0.25) is 5.95 Å². The van der Waals surface area contributed by atoms with Crippen molar-refractivity contribution in [2.75, 3.05) is 29.9 Å². The number of pyridine rings is 2. The fourth-order valence-electron chi connectivity index (χ4n) is 3.81. The van der Waals surface area contributed by atoms with Gasteiger partial charge in [0.25, 0.3) is 0 Å². The van der Waals surface area contributed by atoms with E-state index in [1.807, 2.05) is 11.8 Å². The molecule has 0 spiro atoms. The largest absolute Gasteiger partial charge is 0.483 e. The van der Waals surface area contributed by atoms with E-state index in [2.05, 4.69) is 33.2 Å². The van der Waals surface area contributed by atoms with E-state index in [0.29, 0.717) is 24.5 Å². The number of alkyl halides is 5. The predicted octanol–water partition coefficient (Wildman–Crippen LogP) is 4.72. The zero-order valence-corrected chi connectivity index (χ0v) is 19.4. The van der Waals surface area contributed by atoms with E-state index in [0.717, 1.165) is 6.42 Å². The first-order valence-electron chi connectivity index (χ1n) is 10.8. The van der Waals surface area contributed by atoms with Crippen molar-refractivity contribution in [2.45, 2.75) is 38.4 Å². The molecule has 0 aliphatic carbocycles. The molecular formula is C23H24F6N6O. The van der Waals surface area contributed by atoms with Crippen LogP contribution in [0, 0.1) is 31.5 Å². The number of terminal acetylenes is 1. The number of aryl methyl sites for hydroxylation is 1. The van der Waals surface area contributed by atoms with E-state index in [1.54, 1.807) is 13.0 Å². The van der Waals surface area contributed by atoms with Crippen molar-refractivity contribution < 1.29 is 31.1 Å². The van der Waals surface area contributed by atoms with Crippen LogP contribution < -0.4 is 15.0 Å².